The molecule has 0 aromatic heterocycles. The fourth-order valence-electron chi connectivity index (χ4n) is 3.40. The molecule has 1 fully saturated rings. The Hall–Kier alpha value is -2.77. The molecule has 0 saturated carbocycles. The van der Waals surface area contributed by atoms with Crippen LogP contribution < -0.4 is 15.2 Å². The highest BCUT2D eigenvalue weighted by Crippen LogP contribution is 2.25. The van der Waals surface area contributed by atoms with E-state index in [0.717, 1.165) is 11.3 Å². The zero-order chi connectivity index (χ0) is 21.6. The molecule has 1 aliphatic heterocycles. The third kappa shape index (κ3) is 5.87. The first kappa shape index (κ1) is 21.9. The summed E-state index contributed by atoms with van der Waals surface area (Å²) >= 11 is 5.90. The summed E-state index contributed by atoms with van der Waals surface area (Å²) in [6, 6.07) is 14.2. The molecule has 7 nitrogen and oxygen atoms in total. The van der Waals surface area contributed by atoms with Crippen LogP contribution in [0.25, 0.3) is 0 Å². The molecule has 0 spiro atoms. The van der Waals surface area contributed by atoms with E-state index in [1.807, 2.05) is 24.3 Å². The minimum Gasteiger partial charge on any atom is -0.497 e. The molecule has 30 heavy (non-hydrogen) atoms. The highest BCUT2D eigenvalue weighted by atomic mass is 35.5. The van der Waals surface area contributed by atoms with E-state index < -0.39 is 11.5 Å². The Morgan fingerprint density at radius 2 is 1.80 bits per heavy atom. The maximum Gasteiger partial charge on any atom is 0.227 e. The number of amides is 2. The number of methoxy groups -OCH3 is 1. The van der Waals surface area contributed by atoms with Crippen LogP contribution in [0, 0.1) is 0 Å². The van der Waals surface area contributed by atoms with Gasteiger partial charge >= 0.3 is 0 Å². The van der Waals surface area contributed by atoms with Gasteiger partial charge in [-0.15, -0.1) is 0 Å². The Kier molecular flexibility index (Phi) is 7.18. The zero-order valence-corrected chi connectivity index (χ0v) is 17.6. The first-order valence-electron chi connectivity index (χ1n) is 9.60. The van der Waals surface area contributed by atoms with E-state index in [1.165, 1.54) is 0 Å². The molecule has 1 heterocycles. The highest BCUT2D eigenvalue weighted by molar-refractivity contribution is 6.30. The van der Waals surface area contributed by atoms with Crippen LogP contribution in [0.5, 0.6) is 11.5 Å². The lowest BCUT2D eigenvalue weighted by Crippen LogP contribution is -2.58. The van der Waals surface area contributed by atoms with Gasteiger partial charge in [0.25, 0.3) is 0 Å². The van der Waals surface area contributed by atoms with E-state index in [-0.39, 0.29) is 31.9 Å². The molecule has 3 rings (SSSR count). The van der Waals surface area contributed by atoms with Crippen molar-refractivity contribution in [2.75, 3.05) is 33.4 Å². The molecule has 0 aliphatic carbocycles. The molecule has 0 radical (unpaired) electrons. The molecule has 0 bridgehead atoms. The number of nitrogens with two attached hydrogens (primary N) is 1. The van der Waals surface area contributed by atoms with Gasteiger partial charge in [-0.25, -0.2) is 0 Å². The summed E-state index contributed by atoms with van der Waals surface area (Å²) in [5.74, 6) is 0.758. The smallest absolute Gasteiger partial charge is 0.227 e. The average Bonchev–Trinajstić information content (AvgIpc) is 2.73. The van der Waals surface area contributed by atoms with Gasteiger partial charge in [0.15, 0.2) is 0 Å². The maximum absolute atomic E-state index is 12.9. The van der Waals surface area contributed by atoms with Crippen molar-refractivity contribution >= 4 is 23.4 Å². The van der Waals surface area contributed by atoms with E-state index in [9.17, 15) is 9.59 Å². The predicted octanol–water partition coefficient (Wildman–Crippen LogP) is 2.44. The molecule has 160 valence electrons. The highest BCUT2D eigenvalue weighted by Gasteiger charge is 2.40. The molecular formula is C22H25ClN2O5. The van der Waals surface area contributed by atoms with E-state index >= 15 is 0 Å². The first-order valence-corrected chi connectivity index (χ1v) is 9.98. The average molecular weight is 433 g/mol. The predicted molar refractivity (Wildman–Crippen MR) is 113 cm³/mol. The number of morpholine rings is 1. The summed E-state index contributed by atoms with van der Waals surface area (Å²) in [6.45, 7) is 1.05. The second-order valence-corrected chi connectivity index (χ2v) is 7.69. The summed E-state index contributed by atoms with van der Waals surface area (Å²) in [4.78, 5) is 26.3. The lowest BCUT2D eigenvalue weighted by atomic mass is 9.97. The van der Waals surface area contributed by atoms with Crippen molar-refractivity contribution in [1.82, 2.24) is 4.90 Å². The third-order valence-electron chi connectivity index (χ3n) is 4.93. The maximum atomic E-state index is 12.9. The van der Waals surface area contributed by atoms with Gasteiger partial charge in [0.1, 0.15) is 23.7 Å². The number of carbonyl (C=O) groups excluding carboxylic acids is 2. The molecule has 8 heteroatoms. The van der Waals surface area contributed by atoms with Crippen molar-refractivity contribution in [3.8, 4) is 11.5 Å². The number of halogens is 1. The van der Waals surface area contributed by atoms with Gasteiger partial charge in [-0.2, -0.15) is 0 Å². The summed E-state index contributed by atoms with van der Waals surface area (Å²) < 4.78 is 16.9. The van der Waals surface area contributed by atoms with Crippen molar-refractivity contribution in [1.29, 1.82) is 0 Å². The number of carbonyl (C=O) groups is 2. The number of ether oxygens (including phenoxy) is 3. The monoisotopic (exact) mass is 432 g/mol. The second-order valence-electron chi connectivity index (χ2n) is 7.26. The number of hydrogen-bond donors (Lipinski definition) is 1. The number of benzene rings is 2. The van der Waals surface area contributed by atoms with Gasteiger partial charge < -0.3 is 24.8 Å². The Morgan fingerprint density at radius 3 is 2.43 bits per heavy atom. The van der Waals surface area contributed by atoms with E-state index in [1.54, 1.807) is 36.3 Å². The van der Waals surface area contributed by atoms with Crippen molar-refractivity contribution in [2.45, 2.75) is 18.4 Å². The van der Waals surface area contributed by atoms with Gasteiger partial charge in [0, 0.05) is 11.6 Å². The molecule has 1 aliphatic rings. The van der Waals surface area contributed by atoms with Crippen LogP contribution in [0.2, 0.25) is 5.02 Å². The normalized spacial score (nSPS) is 18.7. The van der Waals surface area contributed by atoms with Crippen LogP contribution in [0.15, 0.2) is 48.5 Å². The standard InChI is InChI=1S/C22H25ClN2O5/c1-28-18-6-2-16(3-7-18)12-21(27)25-10-11-30-22(14-25,13-20(24)26)15-29-19-8-4-17(23)5-9-19/h2-9H,10-15H2,1H3,(H2,24,26)/t22-/m0/s1. The number of nitrogens with zero attached hydrogens (tertiary/aromatic N) is 1. The zero-order valence-electron chi connectivity index (χ0n) is 16.8. The van der Waals surface area contributed by atoms with Crippen LogP contribution >= 0.6 is 11.6 Å². The largest absolute Gasteiger partial charge is 0.497 e. The fourth-order valence-corrected chi connectivity index (χ4v) is 3.52. The molecule has 1 saturated heterocycles. The Balaban J connectivity index is 1.68. The second kappa shape index (κ2) is 9.82. The van der Waals surface area contributed by atoms with Crippen molar-refractivity contribution < 1.29 is 23.8 Å². The van der Waals surface area contributed by atoms with Gasteiger partial charge in [-0.1, -0.05) is 23.7 Å². The summed E-state index contributed by atoms with van der Waals surface area (Å²) in [5.41, 5.74) is 5.34. The van der Waals surface area contributed by atoms with Crippen molar-refractivity contribution in [3.63, 3.8) is 0 Å². The third-order valence-corrected chi connectivity index (χ3v) is 5.18. The molecule has 2 aromatic rings. The van der Waals surface area contributed by atoms with Crippen LogP contribution in [-0.2, 0) is 20.7 Å². The van der Waals surface area contributed by atoms with E-state index in [2.05, 4.69) is 0 Å². The van der Waals surface area contributed by atoms with Gasteiger partial charge in [0.05, 0.1) is 33.1 Å². The Morgan fingerprint density at radius 1 is 1.13 bits per heavy atom. The molecular weight excluding hydrogens is 408 g/mol. The Bertz CT molecular complexity index is 872. The number of hydrogen-bond acceptors (Lipinski definition) is 5. The summed E-state index contributed by atoms with van der Waals surface area (Å²) in [6.07, 6.45) is 0.196. The lowest BCUT2D eigenvalue weighted by molar-refractivity contribution is -0.161. The molecule has 2 aromatic carbocycles. The summed E-state index contributed by atoms with van der Waals surface area (Å²) in [7, 11) is 1.60. The fraction of sp³-hybridized carbons (Fsp3) is 0.364. The molecule has 1 atom stereocenters. The van der Waals surface area contributed by atoms with E-state index in [0.29, 0.717) is 23.9 Å². The van der Waals surface area contributed by atoms with Crippen LogP contribution in [0.3, 0.4) is 0 Å². The van der Waals surface area contributed by atoms with Gasteiger partial charge in [-0.3, -0.25) is 9.59 Å². The van der Waals surface area contributed by atoms with Crippen molar-refractivity contribution in [2.24, 2.45) is 5.73 Å². The quantitative estimate of drug-likeness (QED) is 0.691. The minimum atomic E-state index is -1.00. The lowest BCUT2D eigenvalue weighted by Gasteiger charge is -2.42. The van der Waals surface area contributed by atoms with Gasteiger partial charge in [-0.05, 0) is 42.0 Å². The van der Waals surface area contributed by atoms with E-state index in [4.69, 9.17) is 31.5 Å². The first-order chi connectivity index (χ1) is 14.4. The topological polar surface area (TPSA) is 91.1 Å². The SMILES string of the molecule is COc1ccc(CC(=O)N2CCO[C@@](COc3ccc(Cl)cc3)(CC(N)=O)C2)cc1. The van der Waals surface area contributed by atoms with Crippen LogP contribution in [0.1, 0.15) is 12.0 Å². The minimum absolute atomic E-state index is 0.0487. The molecule has 2 amide bonds. The molecule has 2 N–H and O–H groups in total. The summed E-state index contributed by atoms with van der Waals surface area (Å²) in [5, 5.41) is 0.596. The van der Waals surface area contributed by atoms with Crippen LogP contribution in [-0.4, -0.2) is 55.7 Å². The molecule has 0 unspecified atom stereocenters. The number of rotatable bonds is 8. The van der Waals surface area contributed by atoms with Crippen LogP contribution in [0.4, 0.5) is 0 Å². The van der Waals surface area contributed by atoms with Crippen molar-refractivity contribution in [3.05, 3.63) is 59.1 Å². The van der Waals surface area contributed by atoms with Gasteiger partial charge in [0.2, 0.25) is 11.8 Å². The number of primary amides is 1. The Labute approximate surface area is 180 Å².